The van der Waals surface area contributed by atoms with E-state index in [1.165, 1.54) is 0 Å². The van der Waals surface area contributed by atoms with E-state index in [-0.39, 0.29) is 5.69 Å². The first-order chi connectivity index (χ1) is 11.2. The molecule has 5 nitrogen and oxygen atoms in total. The average Bonchev–Trinajstić information content (AvgIpc) is 2.98. The van der Waals surface area contributed by atoms with Gasteiger partial charge in [-0.25, -0.2) is 14.3 Å². The Balaban J connectivity index is 1.84. The number of benzene rings is 1. The largest absolute Gasteiger partial charge is 0.461 e. The van der Waals surface area contributed by atoms with Crippen molar-refractivity contribution in [1.29, 1.82) is 0 Å². The van der Waals surface area contributed by atoms with Crippen molar-refractivity contribution in [1.82, 2.24) is 14.6 Å². The lowest BCUT2D eigenvalue weighted by molar-refractivity contribution is 0.0520. The van der Waals surface area contributed by atoms with Gasteiger partial charge in [-0.1, -0.05) is 29.8 Å². The Kier molecular flexibility index (Phi) is 4.39. The van der Waals surface area contributed by atoms with Crippen LogP contribution in [0.1, 0.15) is 28.7 Å². The number of carbonyl (C=O) groups is 1. The van der Waals surface area contributed by atoms with Gasteiger partial charge in [-0.3, -0.25) is 0 Å². The quantitative estimate of drug-likeness (QED) is 0.685. The van der Waals surface area contributed by atoms with E-state index in [1.54, 1.807) is 23.7 Å². The molecule has 0 fully saturated rings. The molecule has 3 rings (SSSR count). The fraction of sp³-hybridized carbons (Fsp3) is 0.118. The fourth-order valence-electron chi connectivity index (χ4n) is 2.04. The van der Waals surface area contributed by atoms with Crippen LogP contribution in [0, 0.1) is 0 Å². The summed E-state index contributed by atoms with van der Waals surface area (Å²) in [6.07, 6.45) is 5.38. The summed E-state index contributed by atoms with van der Waals surface area (Å²) < 4.78 is 6.50. The van der Waals surface area contributed by atoms with Crippen molar-refractivity contribution in [3.05, 3.63) is 64.6 Å². The molecular weight excluding hydrogens is 314 g/mol. The van der Waals surface area contributed by atoms with Crippen LogP contribution in [0.4, 0.5) is 0 Å². The number of imidazole rings is 1. The molecule has 2 aromatic heterocycles. The Bertz CT molecular complexity index is 869. The van der Waals surface area contributed by atoms with Crippen molar-refractivity contribution in [2.45, 2.75) is 6.92 Å². The van der Waals surface area contributed by atoms with E-state index in [4.69, 9.17) is 16.3 Å². The van der Waals surface area contributed by atoms with E-state index in [9.17, 15) is 4.79 Å². The first-order valence-electron chi connectivity index (χ1n) is 7.13. The first-order valence-corrected chi connectivity index (χ1v) is 7.51. The van der Waals surface area contributed by atoms with Gasteiger partial charge in [-0.15, -0.1) is 0 Å². The molecule has 0 aliphatic heterocycles. The molecule has 0 radical (unpaired) electrons. The highest BCUT2D eigenvalue weighted by Crippen LogP contribution is 2.13. The van der Waals surface area contributed by atoms with Gasteiger partial charge in [0.15, 0.2) is 11.3 Å². The minimum Gasteiger partial charge on any atom is -0.461 e. The van der Waals surface area contributed by atoms with Gasteiger partial charge >= 0.3 is 5.97 Å². The van der Waals surface area contributed by atoms with Crippen LogP contribution in [-0.4, -0.2) is 27.2 Å². The number of hydrogen-bond acceptors (Lipinski definition) is 4. The zero-order valence-electron chi connectivity index (χ0n) is 12.4. The summed E-state index contributed by atoms with van der Waals surface area (Å²) in [6.45, 7) is 2.07. The lowest BCUT2D eigenvalue weighted by Gasteiger charge is -1.96. The number of hydrogen-bond donors (Lipinski definition) is 0. The summed E-state index contributed by atoms with van der Waals surface area (Å²) in [7, 11) is 0. The van der Waals surface area contributed by atoms with Crippen molar-refractivity contribution >= 4 is 35.4 Å². The molecule has 0 spiro atoms. The maximum atomic E-state index is 11.7. The van der Waals surface area contributed by atoms with Crippen LogP contribution in [-0.2, 0) is 4.74 Å². The van der Waals surface area contributed by atoms with Crippen molar-refractivity contribution in [2.75, 3.05) is 6.61 Å². The molecule has 0 bridgehead atoms. The molecule has 0 N–H and O–H groups in total. The second-order valence-electron chi connectivity index (χ2n) is 4.79. The van der Waals surface area contributed by atoms with E-state index < -0.39 is 5.97 Å². The molecule has 23 heavy (non-hydrogen) atoms. The highest BCUT2D eigenvalue weighted by atomic mass is 35.5. The monoisotopic (exact) mass is 327 g/mol. The molecule has 0 aliphatic rings. The molecule has 0 saturated carbocycles. The van der Waals surface area contributed by atoms with Gasteiger partial charge in [-0.05, 0) is 42.8 Å². The van der Waals surface area contributed by atoms with Crippen molar-refractivity contribution < 1.29 is 9.53 Å². The number of nitrogens with zero attached hydrogens (tertiary/aromatic N) is 3. The van der Waals surface area contributed by atoms with E-state index in [0.29, 0.717) is 17.3 Å². The van der Waals surface area contributed by atoms with Crippen LogP contribution in [0.2, 0.25) is 5.02 Å². The fourth-order valence-corrected chi connectivity index (χ4v) is 2.17. The van der Waals surface area contributed by atoms with Crippen LogP contribution >= 0.6 is 11.6 Å². The molecule has 0 atom stereocenters. The predicted octanol–water partition coefficient (Wildman–Crippen LogP) is 3.73. The number of aromatic nitrogens is 3. The third kappa shape index (κ3) is 3.57. The molecule has 116 valence electrons. The van der Waals surface area contributed by atoms with Gasteiger partial charge in [0.05, 0.1) is 18.5 Å². The van der Waals surface area contributed by atoms with Gasteiger partial charge in [0.25, 0.3) is 0 Å². The molecule has 2 heterocycles. The lowest BCUT2D eigenvalue weighted by Crippen LogP contribution is -2.04. The Labute approximate surface area is 138 Å². The molecule has 0 amide bonds. The van der Waals surface area contributed by atoms with Gasteiger partial charge in [-0.2, -0.15) is 5.10 Å². The van der Waals surface area contributed by atoms with Crippen LogP contribution < -0.4 is 0 Å². The van der Waals surface area contributed by atoms with E-state index in [2.05, 4.69) is 10.1 Å². The van der Waals surface area contributed by atoms with Crippen LogP contribution in [0.3, 0.4) is 0 Å². The summed E-state index contributed by atoms with van der Waals surface area (Å²) in [5.74, 6) is -0.448. The smallest absolute Gasteiger partial charge is 0.358 e. The zero-order chi connectivity index (χ0) is 16.2. The predicted molar refractivity (Wildman–Crippen MR) is 89.3 cm³/mol. The molecule has 6 heteroatoms. The average molecular weight is 328 g/mol. The first kappa shape index (κ1) is 15.2. The van der Waals surface area contributed by atoms with E-state index in [0.717, 1.165) is 11.3 Å². The lowest BCUT2D eigenvalue weighted by atomic mass is 10.2. The van der Waals surface area contributed by atoms with Crippen molar-refractivity contribution in [3.8, 4) is 0 Å². The minimum atomic E-state index is -0.448. The van der Waals surface area contributed by atoms with Gasteiger partial charge < -0.3 is 4.74 Å². The number of ether oxygens (including phenoxy) is 1. The second kappa shape index (κ2) is 6.62. The Hall–Kier alpha value is -2.66. The Morgan fingerprint density at radius 3 is 2.74 bits per heavy atom. The summed E-state index contributed by atoms with van der Waals surface area (Å²) in [5, 5.41) is 5.11. The van der Waals surface area contributed by atoms with Crippen LogP contribution in [0.15, 0.2) is 42.6 Å². The summed E-state index contributed by atoms with van der Waals surface area (Å²) >= 11 is 5.86. The molecular formula is C17H14ClN3O2. The summed E-state index contributed by atoms with van der Waals surface area (Å²) in [5.41, 5.74) is 2.62. The number of esters is 1. The topological polar surface area (TPSA) is 56.5 Å². The maximum absolute atomic E-state index is 11.7. The number of halogens is 1. The number of carbonyl (C=O) groups excluding carboxylic acids is 1. The maximum Gasteiger partial charge on any atom is 0.358 e. The molecule has 3 aromatic rings. The standard InChI is InChI=1S/C17H14ClN3O2/c1-2-23-17(22)15-11-21-16(19-15)10-9-14(20-21)8-5-12-3-6-13(18)7-4-12/h3-11H,2H2,1H3. The van der Waals surface area contributed by atoms with Crippen molar-refractivity contribution in [3.63, 3.8) is 0 Å². The van der Waals surface area contributed by atoms with Crippen LogP contribution in [0.5, 0.6) is 0 Å². The zero-order valence-corrected chi connectivity index (χ0v) is 13.2. The number of fused-ring (bicyclic) bond motifs is 1. The highest BCUT2D eigenvalue weighted by Gasteiger charge is 2.11. The molecule has 0 aliphatic carbocycles. The molecule has 1 aromatic carbocycles. The SMILES string of the molecule is CCOC(=O)c1cn2nc(C=Cc3ccc(Cl)cc3)ccc2n1. The summed E-state index contributed by atoms with van der Waals surface area (Å²) in [6, 6.07) is 11.2. The van der Waals surface area contributed by atoms with Crippen LogP contribution in [0.25, 0.3) is 17.8 Å². The van der Waals surface area contributed by atoms with Gasteiger partial charge in [0.2, 0.25) is 0 Å². The third-order valence-electron chi connectivity index (χ3n) is 3.14. The third-order valence-corrected chi connectivity index (χ3v) is 3.39. The minimum absolute atomic E-state index is 0.248. The molecule has 0 unspecified atom stereocenters. The van der Waals surface area contributed by atoms with Gasteiger partial charge in [0, 0.05) is 5.02 Å². The van der Waals surface area contributed by atoms with Gasteiger partial charge in [0.1, 0.15) is 0 Å². The van der Waals surface area contributed by atoms with E-state index in [1.807, 2.05) is 42.5 Å². The molecule has 0 saturated heterocycles. The highest BCUT2D eigenvalue weighted by molar-refractivity contribution is 6.30. The second-order valence-corrected chi connectivity index (χ2v) is 5.23. The van der Waals surface area contributed by atoms with E-state index >= 15 is 0 Å². The normalized spacial score (nSPS) is 11.2. The Morgan fingerprint density at radius 2 is 2.00 bits per heavy atom. The Morgan fingerprint density at radius 1 is 1.22 bits per heavy atom. The summed E-state index contributed by atoms with van der Waals surface area (Å²) in [4.78, 5) is 15.9. The van der Waals surface area contributed by atoms with Crippen molar-refractivity contribution in [2.24, 2.45) is 0 Å². The number of rotatable bonds is 4.